The highest BCUT2D eigenvalue weighted by Crippen LogP contribution is 2.44. The van der Waals surface area contributed by atoms with Gasteiger partial charge in [-0.3, -0.25) is 4.79 Å². The maximum Gasteiger partial charge on any atom is 0.408 e. The van der Waals surface area contributed by atoms with Crippen molar-refractivity contribution in [3.05, 3.63) is 119 Å². The molecule has 0 aromatic heterocycles. The van der Waals surface area contributed by atoms with Crippen LogP contribution in [0.1, 0.15) is 39.0 Å². The molecule has 4 aromatic rings. The number of fused-ring (bicyclic) bond motifs is 3. The summed E-state index contributed by atoms with van der Waals surface area (Å²) in [6.07, 6.45) is -0.749. The second kappa shape index (κ2) is 11.1. The highest BCUT2D eigenvalue weighted by molar-refractivity contribution is 5.98. The quantitative estimate of drug-likeness (QED) is 0.277. The summed E-state index contributed by atoms with van der Waals surface area (Å²) >= 11 is 0. The fraction of sp³-hybridized carbons (Fsp3) is 0.129. The average molecular weight is 523 g/mol. The molecule has 1 aliphatic carbocycles. The molecule has 1 aliphatic rings. The zero-order valence-corrected chi connectivity index (χ0v) is 21.1. The Hall–Kier alpha value is -5.11. The second-order valence-electron chi connectivity index (χ2n) is 9.05. The third kappa shape index (κ3) is 5.45. The van der Waals surface area contributed by atoms with E-state index in [9.17, 15) is 14.4 Å². The van der Waals surface area contributed by atoms with E-state index >= 15 is 0 Å². The summed E-state index contributed by atoms with van der Waals surface area (Å²) in [5.41, 5.74) is 5.36. The van der Waals surface area contributed by atoms with Gasteiger partial charge in [-0.2, -0.15) is 0 Å². The van der Waals surface area contributed by atoms with Gasteiger partial charge in [-0.1, -0.05) is 60.7 Å². The Bertz CT molecular complexity index is 1490. The molecule has 8 heteroatoms. The first-order valence-electron chi connectivity index (χ1n) is 12.3. The Kier molecular flexibility index (Phi) is 7.27. The van der Waals surface area contributed by atoms with E-state index in [1.165, 1.54) is 31.4 Å². The summed E-state index contributed by atoms with van der Waals surface area (Å²) in [5, 5.41) is 14.5. The van der Waals surface area contributed by atoms with Crippen LogP contribution in [0, 0.1) is 0 Å². The van der Waals surface area contributed by atoms with Crippen LogP contribution in [-0.2, 0) is 9.53 Å². The first-order chi connectivity index (χ1) is 18.9. The summed E-state index contributed by atoms with van der Waals surface area (Å²) in [7, 11) is 1.51. The maximum atomic E-state index is 13.3. The van der Waals surface area contributed by atoms with E-state index in [1.807, 2.05) is 36.4 Å². The lowest BCUT2D eigenvalue weighted by atomic mass is 9.98. The molecule has 3 N–H and O–H groups in total. The van der Waals surface area contributed by atoms with Crippen LogP contribution in [0.5, 0.6) is 5.75 Å². The molecule has 0 fully saturated rings. The molecule has 0 saturated heterocycles. The van der Waals surface area contributed by atoms with Gasteiger partial charge >= 0.3 is 12.1 Å². The summed E-state index contributed by atoms with van der Waals surface area (Å²) in [6, 6.07) is 27.5. The van der Waals surface area contributed by atoms with Crippen LogP contribution in [0.2, 0.25) is 0 Å². The van der Waals surface area contributed by atoms with E-state index in [-0.39, 0.29) is 18.1 Å². The third-order valence-corrected chi connectivity index (χ3v) is 6.69. The molecule has 0 spiro atoms. The van der Waals surface area contributed by atoms with Gasteiger partial charge < -0.3 is 25.2 Å². The first-order valence-corrected chi connectivity index (χ1v) is 12.3. The van der Waals surface area contributed by atoms with Gasteiger partial charge in [0.15, 0.2) is 0 Å². The predicted octanol–water partition coefficient (Wildman–Crippen LogP) is 5.61. The number of hydrogen-bond donors (Lipinski definition) is 3. The Morgan fingerprint density at radius 3 is 2.10 bits per heavy atom. The van der Waals surface area contributed by atoms with Gasteiger partial charge in [-0.05, 0) is 64.2 Å². The molecule has 0 saturated carbocycles. The fourth-order valence-electron chi connectivity index (χ4n) is 4.79. The van der Waals surface area contributed by atoms with Crippen molar-refractivity contribution in [1.82, 2.24) is 5.32 Å². The fourth-order valence-corrected chi connectivity index (χ4v) is 4.79. The van der Waals surface area contributed by atoms with Gasteiger partial charge in [0.25, 0.3) is 5.91 Å². The van der Waals surface area contributed by atoms with Crippen molar-refractivity contribution >= 4 is 23.7 Å². The number of hydrogen-bond acceptors (Lipinski definition) is 5. The van der Waals surface area contributed by atoms with Crippen molar-refractivity contribution in [2.75, 3.05) is 19.0 Å². The van der Waals surface area contributed by atoms with E-state index in [2.05, 4.69) is 22.8 Å². The Balaban J connectivity index is 1.33. The Morgan fingerprint density at radius 2 is 1.49 bits per heavy atom. The summed E-state index contributed by atoms with van der Waals surface area (Å²) in [6.45, 7) is 0.100. The molecule has 0 radical (unpaired) electrons. The molecule has 5 rings (SSSR count). The Labute approximate surface area is 225 Å². The van der Waals surface area contributed by atoms with Crippen molar-refractivity contribution in [3.63, 3.8) is 0 Å². The number of amides is 2. The number of aromatic carboxylic acids is 1. The number of carboxylic acid groups (broad SMARTS) is 1. The number of carbonyl (C=O) groups is 3. The lowest BCUT2D eigenvalue weighted by Gasteiger charge is -2.20. The van der Waals surface area contributed by atoms with Crippen molar-refractivity contribution < 1.29 is 29.0 Å². The van der Waals surface area contributed by atoms with E-state index in [1.54, 1.807) is 24.3 Å². The van der Waals surface area contributed by atoms with Crippen molar-refractivity contribution in [2.24, 2.45) is 0 Å². The number of carboxylic acids is 1. The number of nitrogens with one attached hydrogen (secondary N) is 2. The normalized spacial score (nSPS) is 12.5. The molecule has 4 aromatic carbocycles. The summed E-state index contributed by atoms with van der Waals surface area (Å²) in [4.78, 5) is 37.5. The highest BCUT2D eigenvalue weighted by atomic mass is 16.5. The second-order valence-corrected chi connectivity index (χ2v) is 9.05. The first kappa shape index (κ1) is 25.5. The Morgan fingerprint density at radius 1 is 0.846 bits per heavy atom. The number of alkyl carbamates (subject to hydrolysis) is 1. The average Bonchev–Trinajstić information content (AvgIpc) is 3.28. The monoisotopic (exact) mass is 522 g/mol. The van der Waals surface area contributed by atoms with Crippen LogP contribution in [0.3, 0.4) is 0 Å². The number of carbonyl (C=O) groups excluding carboxylic acids is 2. The summed E-state index contributed by atoms with van der Waals surface area (Å²) in [5.74, 6) is -1.20. The van der Waals surface area contributed by atoms with E-state index in [0.717, 1.165) is 22.3 Å². The molecule has 0 aliphatic heterocycles. The molecular formula is C31H26N2O6. The van der Waals surface area contributed by atoms with Gasteiger partial charge in [-0.25, -0.2) is 9.59 Å². The smallest absolute Gasteiger partial charge is 0.408 e. The molecular weight excluding hydrogens is 496 g/mol. The molecule has 8 nitrogen and oxygen atoms in total. The van der Waals surface area contributed by atoms with E-state index < -0.39 is 24.0 Å². The minimum atomic E-state index is -1.10. The zero-order chi connectivity index (χ0) is 27.4. The van der Waals surface area contributed by atoms with Crippen molar-refractivity contribution in [1.29, 1.82) is 0 Å². The van der Waals surface area contributed by atoms with Crippen LogP contribution in [0.4, 0.5) is 10.5 Å². The predicted molar refractivity (Wildman–Crippen MR) is 146 cm³/mol. The minimum Gasteiger partial charge on any atom is -0.497 e. The zero-order valence-electron chi connectivity index (χ0n) is 21.1. The van der Waals surface area contributed by atoms with E-state index in [0.29, 0.717) is 17.0 Å². The number of anilines is 1. The van der Waals surface area contributed by atoms with Gasteiger partial charge in [0, 0.05) is 11.6 Å². The third-order valence-electron chi connectivity index (χ3n) is 6.69. The minimum absolute atomic E-state index is 0.0918. The number of benzene rings is 4. The van der Waals surface area contributed by atoms with Crippen LogP contribution in [0.15, 0.2) is 97.1 Å². The lowest BCUT2D eigenvalue weighted by molar-refractivity contribution is -0.118. The van der Waals surface area contributed by atoms with Crippen molar-refractivity contribution in [2.45, 2.75) is 12.0 Å². The molecule has 0 heterocycles. The van der Waals surface area contributed by atoms with Gasteiger partial charge in [-0.15, -0.1) is 0 Å². The van der Waals surface area contributed by atoms with Crippen LogP contribution in [-0.4, -0.2) is 36.8 Å². The van der Waals surface area contributed by atoms with Crippen LogP contribution in [0.25, 0.3) is 11.1 Å². The van der Waals surface area contributed by atoms with Gasteiger partial charge in [0.05, 0.1) is 12.7 Å². The summed E-state index contributed by atoms with van der Waals surface area (Å²) < 4.78 is 11.0. The van der Waals surface area contributed by atoms with E-state index in [4.69, 9.17) is 14.6 Å². The molecule has 1 atom stereocenters. The number of methoxy groups -OCH3 is 1. The molecule has 0 bridgehead atoms. The maximum absolute atomic E-state index is 13.3. The number of rotatable bonds is 8. The highest BCUT2D eigenvalue weighted by Gasteiger charge is 2.30. The topological polar surface area (TPSA) is 114 Å². The molecule has 196 valence electrons. The molecule has 2 amide bonds. The van der Waals surface area contributed by atoms with Gasteiger partial charge in [0.1, 0.15) is 18.4 Å². The van der Waals surface area contributed by atoms with Crippen LogP contribution >= 0.6 is 0 Å². The van der Waals surface area contributed by atoms with Crippen LogP contribution < -0.4 is 15.4 Å². The number of ether oxygens (including phenoxy) is 2. The lowest BCUT2D eigenvalue weighted by Crippen LogP contribution is -2.37. The molecule has 39 heavy (non-hydrogen) atoms. The van der Waals surface area contributed by atoms with Gasteiger partial charge in [0.2, 0.25) is 0 Å². The standard InChI is InChI=1S/C31H26N2O6/c1-38-22-8-6-7-20(17-22)28(29(34)32-21-15-13-19(14-16-21)30(35)36)33-31(37)39-18-27-25-11-4-2-9-23(25)24-10-3-5-12-26(24)27/h2-17,27-28H,18H2,1H3,(H,32,34)(H,33,37)(H,35,36)/t28-/m0/s1. The largest absolute Gasteiger partial charge is 0.497 e. The molecule has 0 unspecified atom stereocenters. The van der Waals surface area contributed by atoms with Crippen molar-refractivity contribution in [3.8, 4) is 16.9 Å². The SMILES string of the molecule is COc1cccc([C@H](NC(=O)OCC2c3ccccc3-c3ccccc32)C(=O)Nc2ccc(C(=O)O)cc2)c1.